The van der Waals surface area contributed by atoms with E-state index in [1.807, 2.05) is 19.1 Å². The Balaban J connectivity index is 2.26. The molecule has 0 unspecified atom stereocenters. The first-order valence-corrected chi connectivity index (χ1v) is 6.20. The lowest BCUT2D eigenvalue weighted by atomic mass is 10.3. The molecule has 0 aliphatic heterocycles. The van der Waals surface area contributed by atoms with Gasteiger partial charge in [-0.05, 0) is 42.7 Å². The van der Waals surface area contributed by atoms with Crippen molar-refractivity contribution in [2.75, 3.05) is 11.9 Å². The highest BCUT2D eigenvalue weighted by atomic mass is 35.5. The number of aromatic nitrogens is 1. The molecular formula is C12H11ClN2OS. The van der Waals surface area contributed by atoms with Gasteiger partial charge in [-0.25, -0.2) is 0 Å². The van der Waals surface area contributed by atoms with E-state index in [2.05, 4.69) is 4.37 Å². The maximum absolute atomic E-state index is 12.1. The maximum atomic E-state index is 12.1. The third-order valence-corrected chi connectivity index (χ3v) is 3.44. The van der Waals surface area contributed by atoms with E-state index >= 15 is 0 Å². The Morgan fingerprint density at radius 1 is 1.41 bits per heavy atom. The van der Waals surface area contributed by atoms with Crippen LogP contribution in [0.15, 0.2) is 30.3 Å². The molecule has 0 radical (unpaired) electrons. The van der Waals surface area contributed by atoms with Crippen molar-refractivity contribution in [3.05, 3.63) is 45.9 Å². The van der Waals surface area contributed by atoms with Gasteiger partial charge in [-0.15, -0.1) is 0 Å². The number of anilines is 1. The van der Waals surface area contributed by atoms with E-state index in [0.717, 1.165) is 11.4 Å². The summed E-state index contributed by atoms with van der Waals surface area (Å²) in [4.78, 5) is 14.3. The monoisotopic (exact) mass is 266 g/mol. The van der Waals surface area contributed by atoms with Gasteiger partial charge in [0.25, 0.3) is 5.91 Å². The van der Waals surface area contributed by atoms with Crippen molar-refractivity contribution in [3.8, 4) is 0 Å². The normalized spacial score (nSPS) is 10.3. The van der Waals surface area contributed by atoms with Crippen LogP contribution < -0.4 is 4.90 Å². The van der Waals surface area contributed by atoms with Crippen LogP contribution in [0.5, 0.6) is 0 Å². The lowest BCUT2D eigenvalue weighted by Gasteiger charge is -2.16. The number of carbonyl (C=O) groups excluding carboxylic acids is 1. The highest BCUT2D eigenvalue weighted by Gasteiger charge is 2.15. The number of carbonyl (C=O) groups is 1. The fourth-order valence-electron chi connectivity index (χ4n) is 1.43. The van der Waals surface area contributed by atoms with Gasteiger partial charge in [0.2, 0.25) is 0 Å². The van der Waals surface area contributed by atoms with Crippen molar-refractivity contribution in [2.45, 2.75) is 6.92 Å². The molecule has 0 spiro atoms. The Kier molecular flexibility index (Phi) is 3.45. The summed E-state index contributed by atoms with van der Waals surface area (Å²) < 4.78 is 4.10. The second kappa shape index (κ2) is 4.85. The fourth-order valence-corrected chi connectivity index (χ4v) is 2.35. The summed E-state index contributed by atoms with van der Waals surface area (Å²) in [7, 11) is 1.73. The molecular weight excluding hydrogens is 256 g/mol. The molecule has 1 aromatic heterocycles. The molecule has 0 N–H and O–H groups in total. The largest absolute Gasteiger partial charge is 0.311 e. The highest BCUT2D eigenvalue weighted by Crippen LogP contribution is 2.21. The Bertz CT molecular complexity index is 553. The minimum Gasteiger partial charge on any atom is -0.311 e. The van der Waals surface area contributed by atoms with Crippen molar-refractivity contribution in [1.29, 1.82) is 0 Å². The molecule has 2 aromatic rings. The molecule has 0 aliphatic rings. The van der Waals surface area contributed by atoms with Crippen LogP contribution >= 0.6 is 23.1 Å². The average molecular weight is 267 g/mol. The van der Waals surface area contributed by atoms with Gasteiger partial charge in [-0.3, -0.25) is 4.79 Å². The maximum Gasteiger partial charge on any atom is 0.269 e. The standard InChI is InChI=1S/C12H11ClN2OS/c1-8-6-11(17-14-8)12(16)15(2)10-5-3-4-9(13)7-10/h3-7H,1-2H3. The summed E-state index contributed by atoms with van der Waals surface area (Å²) in [5.74, 6) is -0.0714. The first-order valence-electron chi connectivity index (χ1n) is 5.05. The Morgan fingerprint density at radius 3 is 2.76 bits per heavy atom. The topological polar surface area (TPSA) is 33.2 Å². The van der Waals surface area contributed by atoms with Crippen molar-refractivity contribution in [2.24, 2.45) is 0 Å². The molecule has 0 bridgehead atoms. The van der Waals surface area contributed by atoms with Crippen LogP contribution in [0.1, 0.15) is 15.4 Å². The summed E-state index contributed by atoms with van der Waals surface area (Å²) in [6.07, 6.45) is 0. The predicted octanol–water partition coefficient (Wildman–Crippen LogP) is 3.38. The summed E-state index contributed by atoms with van der Waals surface area (Å²) in [5.41, 5.74) is 1.63. The van der Waals surface area contributed by atoms with Gasteiger partial charge < -0.3 is 4.90 Å². The van der Waals surface area contributed by atoms with Gasteiger partial charge in [0.05, 0.1) is 5.69 Å². The van der Waals surface area contributed by atoms with Gasteiger partial charge in [-0.1, -0.05) is 17.7 Å². The lowest BCUT2D eigenvalue weighted by Crippen LogP contribution is -2.25. The van der Waals surface area contributed by atoms with Gasteiger partial charge >= 0.3 is 0 Å². The number of nitrogens with zero attached hydrogens (tertiary/aromatic N) is 2. The molecule has 2 rings (SSSR count). The molecule has 0 saturated heterocycles. The van der Waals surface area contributed by atoms with Crippen LogP contribution in [0.3, 0.4) is 0 Å². The summed E-state index contributed by atoms with van der Waals surface area (Å²) in [5, 5.41) is 0.614. The van der Waals surface area contributed by atoms with Crippen molar-refractivity contribution in [3.63, 3.8) is 0 Å². The molecule has 3 nitrogen and oxygen atoms in total. The quantitative estimate of drug-likeness (QED) is 0.835. The van der Waals surface area contributed by atoms with E-state index < -0.39 is 0 Å². The molecule has 5 heteroatoms. The molecule has 1 amide bonds. The van der Waals surface area contributed by atoms with Crippen LogP contribution in [0.4, 0.5) is 5.69 Å². The van der Waals surface area contributed by atoms with E-state index in [9.17, 15) is 4.79 Å². The lowest BCUT2D eigenvalue weighted by molar-refractivity contribution is 0.0997. The zero-order valence-electron chi connectivity index (χ0n) is 9.48. The number of aryl methyl sites for hydroxylation is 1. The number of halogens is 1. The van der Waals surface area contributed by atoms with Crippen LogP contribution in [-0.4, -0.2) is 17.3 Å². The molecule has 0 fully saturated rings. The third-order valence-electron chi connectivity index (χ3n) is 2.34. The average Bonchev–Trinajstić information content (AvgIpc) is 2.74. The SMILES string of the molecule is Cc1cc(C(=O)N(C)c2cccc(Cl)c2)sn1. The number of hydrogen-bond donors (Lipinski definition) is 0. The zero-order valence-corrected chi connectivity index (χ0v) is 11.0. The van der Waals surface area contributed by atoms with E-state index in [1.165, 1.54) is 11.5 Å². The zero-order chi connectivity index (χ0) is 12.4. The second-order valence-electron chi connectivity index (χ2n) is 3.68. The van der Waals surface area contributed by atoms with E-state index in [4.69, 9.17) is 11.6 Å². The number of rotatable bonds is 2. The minimum absolute atomic E-state index is 0.0714. The molecule has 88 valence electrons. The van der Waals surface area contributed by atoms with Crippen LogP contribution in [-0.2, 0) is 0 Å². The Labute approximate surface area is 109 Å². The Hall–Kier alpha value is -1.39. The van der Waals surface area contributed by atoms with E-state index in [1.54, 1.807) is 30.1 Å². The Morgan fingerprint density at radius 2 is 2.18 bits per heavy atom. The highest BCUT2D eigenvalue weighted by molar-refractivity contribution is 7.08. The predicted molar refractivity (Wildman–Crippen MR) is 71.0 cm³/mol. The molecule has 0 atom stereocenters. The summed E-state index contributed by atoms with van der Waals surface area (Å²) in [6, 6.07) is 8.98. The van der Waals surface area contributed by atoms with E-state index in [0.29, 0.717) is 9.90 Å². The fraction of sp³-hybridized carbons (Fsp3) is 0.167. The summed E-state index contributed by atoms with van der Waals surface area (Å²) >= 11 is 7.11. The van der Waals surface area contributed by atoms with Crippen molar-refractivity contribution >= 4 is 34.7 Å². The first kappa shape index (κ1) is 12.1. The minimum atomic E-state index is -0.0714. The molecule has 0 saturated carbocycles. The van der Waals surface area contributed by atoms with Gasteiger partial charge in [0.15, 0.2) is 0 Å². The third kappa shape index (κ3) is 2.65. The molecule has 17 heavy (non-hydrogen) atoms. The van der Waals surface area contributed by atoms with E-state index in [-0.39, 0.29) is 5.91 Å². The summed E-state index contributed by atoms with van der Waals surface area (Å²) in [6.45, 7) is 1.87. The van der Waals surface area contributed by atoms with Gasteiger partial charge in [-0.2, -0.15) is 4.37 Å². The number of benzene rings is 1. The molecule has 0 aliphatic carbocycles. The van der Waals surface area contributed by atoms with Crippen LogP contribution in [0, 0.1) is 6.92 Å². The number of hydrogen-bond acceptors (Lipinski definition) is 3. The van der Waals surface area contributed by atoms with Crippen LogP contribution in [0.2, 0.25) is 5.02 Å². The van der Waals surface area contributed by atoms with Crippen LogP contribution in [0.25, 0.3) is 0 Å². The van der Waals surface area contributed by atoms with Gasteiger partial charge in [0, 0.05) is 17.8 Å². The first-order chi connectivity index (χ1) is 8.08. The molecule has 1 heterocycles. The van der Waals surface area contributed by atoms with Crippen molar-refractivity contribution < 1.29 is 4.79 Å². The second-order valence-corrected chi connectivity index (χ2v) is 4.92. The van der Waals surface area contributed by atoms with Crippen molar-refractivity contribution in [1.82, 2.24) is 4.37 Å². The molecule has 1 aromatic carbocycles. The van der Waals surface area contributed by atoms with Gasteiger partial charge in [0.1, 0.15) is 4.88 Å². The smallest absolute Gasteiger partial charge is 0.269 e. The number of amides is 1.